The van der Waals surface area contributed by atoms with E-state index in [9.17, 15) is 24.3 Å². The number of amides is 1. The van der Waals surface area contributed by atoms with Gasteiger partial charge in [-0.25, -0.2) is 4.79 Å². The van der Waals surface area contributed by atoms with Crippen molar-refractivity contribution in [3.63, 3.8) is 0 Å². The van der Waals surface area contributed by atoms with E-state index in [0.717, 1.165) is 5.56 Å². The van der Waals surface area contributed by atoms with Crippen LogP contribution in [0, 0.1) is 0 Å². The highest BCUT2D eigenvalue weighted by Gasteiger charge is 2.58. The monoisotopic (exact) mass is 409 g/mol. The van der Waals surface area contributed by atoms with Gasteiger partial charge in [0.05, 0.1) is 6.61 Å². The average Bonchev–Trinajstić information content (AvgIpc) is 2.90. The van der Waals surface area contributed by atoms with Crippen LogP contribution in [0.3, 0.4) is 0 Å². The number of phenolic OH excluding ortho intramolecular Hbond substituents is 1. The zero-order valence-corrected chi connectivity index (χ0v) is 17.2. The molecule has 30 heavy (non-hydrogen) atoms. The third-order valence-electron chi connectivity index (χ3n) is 5.25. The van der Waals surface area contributed by atoms with Crippen LogP contribution in [-0.4, -0.2) is 35.2 Å². The molecule has 2 aromatic rings. The van der Waals surface area contributed by atoms with Crippen LogP contribution in [0.4, 0.5) is 4.79 Å². The standard InChI is InChI=1S/C23H23NO6/c1-5-30-22(29)24-23(17-10-9-14(12(2)3)11-18(17)26)20(27)16-8-6-7-15(13(4)25)19(16)21(23)28/h6-12,26H,5H2,1-4H3,(H,24,29). The second-order valence-corrected chi connectivity index (χ2v) is 7.47. The van der Waals surface area contributed by atoms with Crippen LogP contribution in [0.2, 0.25) is 0 Å². The number of fused-ring (bicyclic) bond motifs is 1. The molecule has 3 rings (SSSR count). The third kappa shape index (κ3) is 3.16. The van der Waals surface area contributed by atoms with Gasteiger partial charge >= 0.3 is 6.09 Å². The fraction of sp³-hybridized carbons (Fsp3) is 0.304. The van der Waals surface area contributed by atoms with Gasteiger partial charge in [0.1, 0.15) is 5.75 Å². The van der Waals surface area contributed by atoms with E-state index in [1.807, 2.05) is 13.8 Å². The zero-order valence-electron chi connectivity index (χ0n) is 17.2. The summed E-state index contributed by atoms with van der Waals surface area (Å²) in [5.74, 6) is -2.12. The fourth-order valence-electron chi connectivity index (χ4n) is 3.74. The molecule has 0 saturated carbocycles. The SMILES string of the molecule is CCOC(=O)NC1(c2ccc(C(C)C)cc2O)C(=O)c2cccc(C(C)=O)c2C1=O. The minimum atomic E-state index is -2.22. The number of ketones is 3. The molecule has 0 radical (unpaired) electrons. The van der Waals surface area contributed by atoms with Gasteiger partial charge in [-0.2, -0.15) is 0 Å². The molecule has 7 heteroatoms. The second-order valence-electron chi connectivity index (χ2n) is 7.47. The Morgan fingerprint density at radius 1 is 1.13 bits per heavy atom. The highest BCUT2D eigenvalue weighted by atomic mass is 16.5. The van der Waals surface area contributed by atoms with E-state index in [0.29, 0.717) is 0 Å². The molecule has 1 aliphatic rings. The van der Waals surface area contributed by atoms with Crippen molar-refractivity contribution in [2.75, 3.05) is 6.61 Å². The fourth-order valence-corrected chi connectivity index (χ4v) is 3.74. The summed E-state index contributed by atoms with van der Waals surface area (Å²) < 4.78 is 4.92. The molecule has 1 atom stereocenters. The lowest BCUT2D eigenvalue weighted by atomic mass is 9.83. The van der Waals surface area contributed by atoms with Gasteiger partial charge in [-0.15, -0.1) is 0 Å². The molecule has 0 fully saturated rings. The lowest BCUT2D eigenvalue weighted by molar-refractivity contribution is 0.0721. The molecule has 0 saturated heterocycles. The van der Waals surface area contributed by atoms with Crippen molar-refractivity contribution in [1.82, 2.24) is 5.32 Å². The van der Waals surface area contributed by atoms with Gasteiger partial charge in [0.15, 0.2) is 11.3 Å². The minimum Gasteiger partial charge on any atom is -0.508 e. The van der Waals surface area contributed by atoms with E-state index in [1.54, 1.807) is 13.0 Å². The number of Topliss-reactive ketones (excluding diaryl/α,β-unsaturated/α-hetero) is 3. The maximum absolute atomic E-state index is 13.6. The Morgan fingerprint density at radius 3 is 2.40 bits per heavy atom. The summed E-state index contributed by atoms with van der Waals surface area (Å²) in [6.45, 7) is 6.77. The van der Waals surface area contributed by atoms with E-state index < -0.39 is 23.2 Å². The van der Waals surface area contributed by atoms with E-state index in [4.69, 9.17) is 4.74 Å². The van der Waals surface area contributed by atoms with Crippen LogP contribution in [0.25, 0.3) is 0 Å². The van der Waals surface area contributed by atoms with Crippen molar-refractivity contribution in [2.45, 2.75) is 39.2 Å². The number of nitrogens with one attached hydrogen (secondary N) is 1. The molecule has 1 unspecified atom stereocenters. The molecule has 1 amide bonds. The molecule has 0 aromatic heterocycles. The van der Waals surface area contributed by atoms with Gasteiger partial charge in [-0.05, 0) is 31.4 Å². The van der Waals surface area contributed by atoms with Crippen molar-refractivity contribution in [2.24, 2.45) is 0 Å². The number of hydrogen-bond acceptors (Lipinski definition) is 6. The van der Waals surface area contributed by atoms with Gasteiger partial charge < -0.3 is 9.84 Å². The Kier molecular flexibility index (Phi) is 5.48. The van der Waals surface area contributed by atoms with Gasteiger partial charge in [0, 0.05) is 22.3 Å². The number of phenols is 1. The van der Waals surface area contributed by atoms with Gasteiger partial charge in [0.25, 0.3) is 0 Å². The molecule has 0 spiro atoms. The summed E-state index contributed by atoms with van der Waals surface area (Å²) in [6, 6.07) is 8.98. The summed E-state index contributed by atoms with van der Waals surface area (Å²) in [5, 5.41) is 13.1. The highest BCUT2D eigenvalue weighted by Crippen LogP contribution is 2.43. The van der Waals surface area contributed by atoms with Crippen molar-refractivity contribution in [1.29, 1.82) is 0 Å². The number of alkyl carbamates (subject to hydrolysis) is 1. The normalized spacial score (nSPS) is 17.8. The van der Waals surface area contributed by atoms with Crippen LogP contribution in [0.15, 0.2) is 36.4 Å². The van der Waals surface area contributed by atoms with Crippen molar-refractivity contribution in [3.05, 3.63) is 64.2 Å². The van der Waals surface area contributed by atoms with Crippen LogP contribution in [0.1, 0.15) is 75.8 Å². The minimum absolute atomic E-state index is 0.0110. The Morgan fingerprint density at radius 2 is 1.83 bits per heavy atom. The smallest absolute Gasteiger partial charge is 0.408 e. The average molecular weight is 409 g/mol. The Labute approximate surface area is 174 Å². The van der Waals surface area contributed by atoms with Gasteiger partial charge in [-0.1, -0.05) is 44.2 Å². The van der Waals surface area contributed by atoms with Crippen LogP contribution < -0.4 is 5.32 Å². The Balaban J connectivity index is 2.28. The summed E-state index contributed by atoms with van der Waals surface area (Å²) in [4.78, 5) is 51.5. The maximum atomic E-state index is 13.6. The maximum Gasteiger partial charge on any atom is 0.408 e. The summed E-state index contributed by atoms with van der Waals surface area (Å²) in [7, 11) is 0. The first kappa shape index (κ1) is 21.2. The Hall–Kier alpha value is -3.48. The molecular weight excluding hydrogens is 386 g/mol. The predicted octanol–water partition coefficient (Wildman–Crippen LogP) is 3.74. The lowest BCUT2D eigenvalue weighted by Gasteiger charge is -2.28. The van der Waals surface area contributed by atoms with Crippen molar-refractivity contribution in [3.8, 4) is 5.75 Å². The number of rotatable bonds is 5. The predicted molar refractivity (Wildman–Crippen MR) is 109 cm³/mol. The van der Waals surface area contributed by atoms with Crippen LogP contribution in [-0.2, 0) is 10.3 Å². The number of benzene rings is 2. The topological polar surface area (TPSA) is 110 Å². The van der Waals surface area contributed by atoms with Gasteiger partial charge in [-0.3, -0.25) is 19.7 Å². The Bertz CT molecular complexity index is 1070. The van der Waals surface area contributed by atoms with E-state index in [1.165, 1.54) is 37.3 Å². The first-order valence-corrected chi connectivity index (χ1v) is 9.67. The lowest BCUT2D eigenvalue weighted by Crippen LogP contribution is -2.54. The van der Waals surface area contributed by atoms with E-state index in [2.05, 4.69) is 5.32 Å². The molecule has 2 aromatic carbocycles. The number of aromatic hydroxyl groups is 1. The van der Waals surface area contributed by atoms with Crippen LogP contribution >= 0.6 is 0 Å². The number of carbonyl (C=O) groups excluding carboxylic acids is 4. The molecule has 1 aliphatic carbocycles. The second kappa shape index (κ2) is 7.74. The quantitative estimate of drug-likeness (QED) is 0.575. The zero-order chi connectivity index (χ0) is 22.2. The summed E-state index contributed by atoms with van der Waals surface area (Å²) in [5.41, 5.74) is -1.48. The largest absolute Gasteiger partial charge is 0.508 e. The van der Waals surface area contributed by atoms with E-state index >= 15 is 0 Å². The van der Waals surface area contributed by atoms with Crippen molar-refractivity contribution >= 4 is 23.4 Å². The molecule has 0 aliphatic heterocycles. The first-order chi connectivity index (χ1) is 14.1. The number of carbonyl (C=O) groups is 4. The molecule has 0 bridgehead atoms. The highest BCUT2D eigenvalue weighted by molar-refractivity contribution is 6.35. The third-order valence-corrected chi connectivity index (χ3v) is 5.25. The molecule has 7 nitrogen and oxygen atoms in total. The van der Waals surface area contributed by atoms with E-state index in [-0.39, 0.29) is 46.3 Å². The van der Waals surface area contributed by atoms with Gasteiger partial charge in [0.2, 0.25) is 11.6 Å². The molecular formula is C23H23NO6. The summed E-state index contributed by atoms with van der Waals surface area (Å²) >= 11 is 0. The number of ether oxygens (including phenoxy) is 1. The summed E-state index contributed by atoms with van der Waals surface area (Å²) in [6.07, 6.45) is -0.983. The van der Waals surface area contributed by atoms with Crippen LogP contribution in [0.5, 0.6) is 5.75 Å². The number of hydrogen-bond donors (Lipinski definition) is 2. The molecule has 156 valence electrons. The van der Waals surface area contributed by atoms with Crippen molar-refractivity contribution < 1.29 is 29.0 Å². The first-order valence-electron chi connectivity index (χ1n) is 9.67. The molecule has 0 heterocycles. The molecule has 2 N–H and O–H groups in total.